The summed E-state index contributed by atoms with van der Waals surface area (Å²) in [6.07, 6.45) is -1.65. The van der Waals surface area contributed by atoms with Crippen LogP contribution < -0.4 is 10.6 Å². The van der Waals surface area contributed by atoms with E-state index >= 15 is 0 Å². The number of halogens is 5. The van der Waals surface area contributed by atoms with Crippen molar-refractivity contribution in [3.63, 3.8) is 0 Å². The fraction of sp³-hybridized carbons (Fsp3) is 0.562. The van der Waals surface area contributed by atoms with Crippen LogP contribution in [0.5, 0.6) is 0 Å². The first-order valence-corrected chi connectivity index (χ1v) is 9.03. The highest BCUT2D eigenvalue weighted by Crippen LogP contribution is 2.37. The van der Waals surface area contributed by atoms with Crippen molar-refractivity contribution in [2.75, 3.05) is 26.2 Å². The van der Waals surface area contributed by atoms with Crippen molar-refractivity contribution in [1.82, 2.24) is 15.6 Å². The Morgan fingerprint density at radius 2 is 2.14 bits per heavy atom. The van der Waals surface area contributed by atoms with E-state index in [0.717, 1.165) is 32.5 Å². The van der Waals surface area contributed by atoms with Gasteiger partial charge in [0.05, 0.1) is 12.7 Å². The summed E-state index contributed by atoms with van der Waals surface area (Å²) in [5, 5.41) is 13.2. The molecule has 1 amide bonds. The maximum absolute atomic E-state index is 13.6. The molecule has 3 rings (SSSR count). The second-order valence-corrected chi connectivity index (χ2v) is 7.48. The molecule has 3 N–H and O–H groups in total. The van der Waals surface area contributed by atoms with Crippen LogP contribution in [0, 0.1) is 11.2 Å². The van der Waals surface area contributed by atoms with Crippen LogP contribution in [0.1, 0.15) is 23.3 Å². The monoisotopic (exact) mass is 471 g/mol. The van der Waals surface area contributed by atoms with Gasteiger partial charge < -0.3 is 20.5 Å². The molecule has 0 aliphatic carbocycles. The number of rotatable bonds is 3. The number of carbonyl (C=O) groups is 2. The molecular formula is C16H18BrF4N3O4. The van der Waals surface area contributed by atoms with Crippen LogP contribution in [-0.4, -0.2) is 60.5 Å². The molecule has 7 nitrogen and oxygen atoms in total. The lowest BCUT2D eigenvalue weighted by atomic mass is 9.85. The maximum Gasteiger partial charge on any atom is 0.490 e. The topological polar surface area (TPSA) is 101 Å². The van der Waals surface area contributed by atoms with Gasteiger partial charge in [-0.1, -0.05) is 0 Å². The van der Waals surface area contributed by atoms with Crippen molar-refractivity contribution in [3.8, 4) is 0 Å². The quantitative estimate of drug-likeness (QED) is 0.583. The predicted octanol–water partition coefficient (Wildman–Crippen LogP) is 2.11. The summed E-state index contributed by atoms with van der Waals surface area (Å²) < 4.78 is 51.6. The molecule has 0 bridgehead atoms. The Morgan fingerprint density at radius 3 is 2.68 bits per heavy atom. The van der Waals surface area contributed by atoms with Crippen LogP contribution in [-0.2, 0) is 9.53 Å². The van der Waals surface area contributed by atoms with Gasteiger partial charge in [-0.05, 0) is 41.4 Å². The zero-order chi connectivity index (χ0) is 20.9. The van der Waals surface area contributed by atoms with Gasteiger partial charge in [0.1, 0.15) is 0 Å². The van der Waals surface area contributed by atoms with E-state index < -0.39 is 23.9 Å². The van der Waals surface area contributed by atoms with Gasteiger partial charge >= 0.3 is 12.1 Å². The molecule has 1 aromatic heterocycles. The first-order valence-electron chi connectivity index (χ1n) is 8.24. The lowest BCUT2D eigenvalue weighted by Gasteiger charge is -2.18. The third-order valence-electron chi connectivity index (χ3n) is 4.37. The molecular weight excluding hydrogens is 454 g/mol. The van der Waals surface area contributed by atoms with Crippen molar-refractivity contribution in [2.45, 2.75) is 25.1 Å². The standard InChI is InChI=1S/C14H17BrFN3O2.C2HF3O2/c15-9-3-11(16)12(18-5-9)13(20)19-6-10-4-14(8-21-10)1-2-17-7-14;3-2(4,5)1(6)7/h3,5,10,17H,1-2,4,6-8H2,(H,19,20);(H,6,7). The first-order chi connectivity index (χ1) is 13.0. The SMILES string of the molecule is O=C(NCC1CC2(CCNC2)CO1)c1ncc(Br)cc1F.O=C(O)C(F)(F)F. The Kier molecular flexibility index (Phi) is 7.34. The smallest absolute Gasteiger partial charge is 0.475 e. The molecule has 12 heteroatoms. The van der Waals surface area contributed by atoms with Crippen LogP contribution in [0.25, 0.3) is 0 Å². The summed E-state index contributed by atoms with van der Waals surface area (Å²) in [6.45, 7) is 3.11. The van der Waals surface area contributed by atoms with Crippen LogP contribution in [0.15, 0.2) is 16.7 Å². The number of aromatic nitrogens is 1. The highest BCUT2D eigenvalue weighted by molar-refractivity contribution is 9.10. The molecule has 0 saturated carbocycles. The second kappa shape index (κ2) is 9.14. The number of amides is 1. The number of carboxylic acid groups (broad SMARTS) is 1. The van der Waals surface area contributed by atoms with Gasteiger partial charge in [0.2, 0.25) is 0 Å². The normalized spacial score (nSPS) is 24.0. The van der Waals surface area contributed by atoms with Gasteiger partial charge in [-0.2, -0.15) is 13.2 Å². The van der Waals surface area contributed by atoms with Crippen molar-refractivity contribution < 1.29 is 37.0 Å². The highest BCUT2D eigenvalue weighted by Gasteiger charge is 2.42. The van der Waals surface area contributed by atoms with E-state index in [0.29, 0.717) is 11.0 Å². The number of nitrogens with zero attached hydrogens (tertiary/aromatic N) is 1. The van der Waals surface area contributed by atoms with Gasteiger partial charge in [0.25, 0.3) is 5.91 Å². The third-order valence-corrected chi connectivity index (χ3v) is 4.81. The third kappa shape index (κ3) is 6.11. The largest absolute Gasteiger partial charge is 0.490 e. The molecule has 0 radical (unpaired) electrons. The number of aliphatic carboxylic acids is 1. The summed E-state index contributed by atoms with van der Waals surface area (Å²) >= 11 is 3.11. The molecule has 156 valence electrons. The van der Waals surface area contributed by atoms with Gasteiger partial charge in [0, 0.05) is 29.2 Å². The molecule has 2 atom stereocenters. The summed E-state index contributed by atoms with van der Waals surface area (Å²) in [5.41, 5.74) is 0.0321. The van der Waals surface area contributed by atoms with Crippen molar-refractivity contribution >= 4 is 27.8 Å². The van der Waals surface area contributed by atoms with Crippen LogP contribution in [0.3, 0.4) is 0 Å². The Labute approximate surface area is 166 Å². The Morgan fingerprint density at radius 1 is 1.46 bits per heavy atom. The molecule has 3 heterocycles. The van der Waals surface area contributed by atoms with Gasteiger partial charge in [-0.3, -0.25) is 4.79 Å². The number of hydrogen-bond donors (Lipinski definition) is 3. The molecule has 2 fully saturated rings. The minimum absolute atomic E-state index is 0.00707. The molecule has 28 heavy (non-hydrogen) atoms. The van der Waals surface area contributed by atoms with Crippen LogP contribution >= 0.6 is 15.9 Å². The first kappa shape index (κ1) is 22.5. The zero-order valence-electron chi connectivity index (χ0n) is 14.5. The fourth-order valence-electron chi connectivity index (χ4n) is 2.99. The Hall–Kier alpha value is -1.79. The minimum atomic E-state index is -5.08. The second-order valence-electron chi connectivity index (χ2n) is 6.56. The summed E-state index contributed by atoms with van der Waals surface area (Å²) in [7, 11) is 0. The Bertz CT molecular complexity index is 726. The highest BCUT2D eigenvalue weighted by atomic mass is 79.9. The molecule has 2 unspecified atom stereocenters. The number of pyridine rings is 1. The van der Waals surface area contributed by atoms with E-state index in [1.54, 1.807) is 0 Å². The van der Waals surface area contributed by atoms with E-state index in [4.69, 9.17) is 14.6 Å². The summed E-state index contributed by atoms with van der Waals surface area (Å²) in [5.74, 6) is -3.90. The summed E-state index contributed by atoms with van der Waals surface area (Å²) in [6, 6.07) is 1.23. The number of ether oxygens (including phenoxy) is 1. The van der Waals surface area contributed by atoms with Crippen molar-refractivity contribution in [1.29, 1.82) is 0 Å². The molecule has 2 aliphatic rings. The van der Waals surface area contributed by atoms with E-state index in [1.165, 1.54) is 12.3 Å². The minimum Gasteiger partial charge on any atom is -0.475 e. The predicted molar refractivity (Wildman–Crippen MR) is 92.2 cm³/mol. The number of nitrogens with one attached hydrogen (secondary N) is 2. The lowest BCUT2D eigenvalue weighted by molar-refractivity contribution is -0.192. The van der Waals surface area contributed by atoms with Crippen LogP contribution in [0.2, 0.25) is 0 Å². The molecule has 0 aromatic carbocycles. The molecule has 1 aromatic rings. The fourth-order valence-corrected chi connectivity index (χ4v) is 3.29. The number of hydrogen-bond acceptors (Lipinski definition) is 5. The maximum atomic E-state index is 13.6. The van der Waals surface area contributed by atoms with E-state index in [2.05, 4.69) is 31.5 Å². The van der Waals surface area contributed by atoms with Gasteiger partial charge in [-0.25, -0.2) is 14.2 Å². The van der Waals surface area contributed by atoms with Gasteiger partial charge in [0.15, 0.2) is 11.5 Å². The van der Waals surface area contributed by atoms with Gasteiger partial charge in [-0.15, -0.1) is 0 Å². The average molecular weight is 472 g/mol. The number of carboxylic acids is 1. The number of carbonyl (C=O) groups excluding carboxylic acids is 1. The zero-order valence-corrected chi connectivity index (χ0v) is 16.1. The summed E-state index contributed by atoms with van der Waals surface area (Å²) in [4.78, 5) is 24.7. The van der Waals surface area contributed by atoms with E-state index in [-0.39, 0.29) is 17.2 Å². The van der Waals surface area contributed by atoms with Crippen LogP contribution in [0.4, 0.5) is 17.6 Å². The van der Waals surface area contributed by atoms with E-state index in [1.807, 2.05) is 0 Å². The van der Waals surface area contributed by atoms with E-state index in [9.17, 15) is 22.4 Å². The average Bonchev–Trinajstić information content (AvgIpc) is 3.22. The molecule has 1 spiro atoms. The van der Waals surface area contributed by atoms with Crippen molar-refractivity contribution in [2.24, 2.45) is 5.41 Å². The van der Waals surface area contributed by atoms with Crippen molar-refractivity contribution in [3.05, 3.63) is 28.2 Å². The number of alkyl halides is 3. The Balaban J connectivity index is 0.000000345. The lowest BCUT2D eigenvalue weighted by Crippen LogP contribution is -2.33. The molecule has 2 saturated heterocycles. The molecule has 2 aliphatic heterocycles.